The molecule has 0 fully saturated rings. The highest BCUT2D eigenvalue weighted by Gasteiger charge is 2.11. The van der Waals surface area contributed by atoms with Gasteiger partial charge in [0.15, 0.2) is 5.82 Å². The molecule has 0 amide bonds. The Balaban J connectivity index is 1.47. The topological polar surface area (TPSA) is 39.4 Å². The van der Waals surface area contributed by atoms with Gasteiger partial charge in [-0.1, -0.05) is 91.0 Å². The molecular formula is C29H23N3O. The van der Waals surface area contributed by atoms with Crippen LogP contribution in [0.1, 0.15) is 11.1 Å². The van der Waals surface area contributed by atoms with Crippen molar-refractivity contribution in [2.75, 3.05) is 0 Å². The minimum Gasteiger partial charge on any atom is -0.488 e. The van der Waals surface area contributed by atoms with Crippen LogP contribution in [0.4, 0.5) is 5.82 Å². The SMILES string of the molecule is C(=Nc1cc(-c2ccccc2)nn1-c1ccccc1)c1ccccc1OCc1ccccc1. The first-order valence-electron chi connectivity index (χ1n) is 10.9. The first kappa shape index (κ1) is 20.5. The first-order valence-corrected chi connectivity index (χ1v) is 10.9. The van der Waals surface area contributed by atoms with E-state index in [2.05, 4.69) is 24.3 Å². The predicted octanol–water partition coefficient (Wildman–Crippen LogP) is 6.87. The van der Waals surface area contributed by atoms with Crippen LogP contribution in [0.15, 0.2) is 126 Å². The maximum absolute atomic E-state index is 6.09. The molecule has 0 aliphatic rings. The molecule has 0 aliphatic carbocycles. The molecule has 4 heteroatoms. The van der Waals surface area contributed by atoms with Crippen molar-refractivity contribution >= 4 is 12.0 Å². The van der Waals surface area contributed by atoms with Gasteiger partial charge in [-0.05, 0) is 29.8 Å². The zero-order chi connectivity index (χ0) is 22.3. The average molecular weight is 430 g/mol. The van der Waals surface area contributed by atoms with E-state index in [1.807, 2.05) is 108 Å². The number of rotatable bonds is 7. The van der Waals surface area contributed by atoms with E-state index in [-0.39, 0.29) is 0 Å². The Morgan fingerprint density at radius 3 is 2.12 bits per heavy atom. The van der Waals surface area contributed by atoms with E-state index >= 15 is 0 Å². The zero-order valence-electron chi connectivity index (χ0n) is 18.1. The van der Waals surface area contributed by atoms with Crippen molar-refractivity contribution in [2.45, 2.75) is 6.61 Å². The molecule has 33 heavy (non-hydrogen) atoms. The van der Waals surface area contributed by atoms with Crippen molar-refractivity contribution in [3.63, 3.8) is 0 Å². The van der Waals surface area contributed by atoms with Crippen molar-refractivity contribution in [3.8, 4) is 22.7 Å². The number of aliphatic imine (C=N–C) groups is 1. The van der Waals surface area contributed by atoms with E-state index in [1.54, 1.807) is 0 Å². The third kappa shape index (κ3) is 4.91. The molecular weight excluding hydrogens is 406 g/mol. The van der Waals surface area contributed by atoms with Crippen LogP contribution >= 0.6 is 0 Å². The molecule has 0 saturated carbocycles. The van der Waals surface area contributed by atoms with E-state index in [1.165, 1.54) is 0 Å². The number of ether oxygens (including phenoxy) is 1. The van der Waals surface area contributed by atoms with Crippen LogP contribution in [0, 0.1) is 0 Å². The summed E-state index contributed by atoms with van der Waals surface area (Å²) in [5, 5.41) is 4.83. The van der Waals surface area contributed by atoms with Crippen LogP contribution in [0.2, 0.25) is 0 Å². The van der Waals surface area contributed by atoms with Crippen molar-refractivity contribution in [1.29, 1.82) is 0 Å². The molecule has 160 valence electrons. The minimum atomic E-state index is 0.506. The van der Waals surface area contributed by atoms with Gasteiger partial charge < -0.3 is 4.74 Å². The number of benzene rings is 4. The maximum Gasteiger partial charge on any atom is 0.156 e. The normalized spacial score (nSPS) is 11.0. The fourth-order valence-corrected chi connectivity index (χ4v) is 3.56. The van der Waals surface area contributed by atoms with Gasteiger partial charge in [-0.3, -0.25) is 0 Å². The van der Waals surface area contributed by atoms with Crippen molar-refractivity contribution in [1.82, 2.24) is 9.78 Å². The molecule has 5 rings (SSSR count). The van der Waals surface area contributed by atoms with Gasteiger partial charge in [0.25, 0.3) is 0 Å². The highest BCUT2D eigenvalue weighted by atomic mass is 16.5. The van der Waals surface area contributed by atoms with Gasteiger partial charge in [0.05, 0.1) is 11.4 Å². The Morgan fingerprint density at radius 2 is 1.36 bits per heavy atom. The summed E-state index contributed by atoms with van der Waals surface area (Å²) in [7, 11) is 0. The van der Waals surface area contributed by atoms with Gasteiger partial charge in [-0.2, -0.15) is 5.10 Å². The Bertz CT molecular complexity index is 1340. The first-order chi connectivity index (χ1) is 16.4. The molecule has 0 aliphatic heterocycles. The molecule has 5 aromatic rings. The second kappa shape index (κ2) is 9.79. The van der Waals surface area contributed by atoms with E-state index < -0.39 is 0 Å². The van der Waals surface area contributed by atoms with Crippen LogP contribution in [0.5, 0.6) is 5.75 Å². The number of aromatic nitrogens is 2. The summed E-state index contributed by atoms with van der Waals surface area (Å²) >= 11 is 0. The fraction of sp³-hybridized carbons (Fsp3) is 0.0345. The molecule has 0 spiro atoms. The molecule has 0 bridgehead atoms. The van der Waals surface area contributed by atoms with Gasteiger partial charge in [0.1, 0.15) is 12.4 Å². The fourth-order valence-electron chi connectivity index (χ4n) is 3.56. The lowest BCUT2D eigenvalue weighted by atomic mass is 10.1. The summed E-state index contributed by atoms with van der Waals surface area (Å²) in [6.07, 6.45) is 1.84. The van der Waals surface area contributed by atoms with E-state index in [0.29, 0.717) is 6.61 Å². The third-order valence-corrected chi connectivity index (χ3v) is 5.25. The number of nitrogens with zero attached hydrogens (tertiary/aromatic N) is 3. The van der Waals surface area contributed by atoms with Crippen LogP contribution in [0.25, 0.3) is 16.9 Å². The Hall–Kier alpha value is -4.44. The summed E-state index contributed by atoms with van der Waals surface area (Å²) in [6.45, 7) is 0.506. The molecule has 0 radical (unpaired) electrons. The molecule has 4 nitrogen and oxygen atoms in total. The summed E-state index contributed by atoms with van der Waals surface area (Å²) in [5.74, 6) is 1.54. The van der Waals surface area contributed by atoms with E-state index in [4.69, 9.17) is 14.8 Å². The van der Waals surface area contributed by atoms with Crippen LogP contribution in [-0.4, -0.2) is 16.0 Å². The van der Waals surface area contributed by atoms with Gasteiger partial charge in [-0.15, -0.1) is 0 Å². The molecule has 0 saturated heterocycles. The van der Waals surface area contributed by atoms with Crippen molar-refractivity contribution in [2.24, 2.45) is 4.99 Å². The highest BCUT2D eigenvalue weighted by Crippen LogP contribution is 2.27. The van der Waals surface area contributed by atoms with Gasteiger partial charge in [-0.25, -0.2) is 9.67 Å². The summed E-state index contributed by atoms with van der Waals surface area (Å²) in [5.41, 5.74) is 4.92. The smallest absolute Gasteiger partial charge is 0.156 e. The number of para-hydroxylation sites is 2. The summed E-state index contributed by atoms with van der Waals surface area (Å²) < 4.78 is 7.95. The molecule has 1 aromatic heterocycles. The van der Waals surface area contributed by atoms with Gasteiger partial charge in [0.2, 0.25) is 0 Å². The van der Waals surface area contributed by atoms with Gasteiger partial charge in [0, 0.05) is 23.4 Å². The zero-order valence-corrected chi connectivity index (χ0v) is 18.1. The molecule has 1 heterocycles. The summed E-state index contributed by atoms with van der Waals surface area (Å²) in [6, 6.07) is 40.3. The lowest BCUT2D eigenvalue weighted by molar-refractivity contribution is 0.306. The van der Waals surface area contributed by atoms with Gasteiger partial charge >= 0.3 is 0 Å². The standard InChI is InChI=1S/C29H23N3O/c1-4-12-23(13-5-1)22-33-28-19-11-10-16-25(28)21-30-29-20-27(24-14-6-2-7-15-24)31-32(29)26-17-8-3-9-18-26/h1-21H,22H2. The van der Waals surface area contributed by atoms with Crippen LogP contribution in [-0.2, 0) is 6.61 Å². The lowest BCUT2D eigenvalue weighted by Crippen LogP contribution is -1.98. The Labute approximate surface area is 193 Å². The van der Waals surface area contributed by atoms with Crippen LogP contribution < -0.4 is 4.74 Å². The van der Waals surface area contributed by atoms with Crippen molar-refractivity contribution in [3.05, 3.63) is 132 Å². The van der Waals surface area contributed by atoms with E-state index in [0.717, 1.165) is 39.6 Å². The van der Waals surface area contributed by atoms with E-state index in [9.17, 15) is 0 Å². The highest BCUT2D eigenvalue weighted by molar-refractivity contribution is 5.85. The number of hydrogen-bond donors (Lipinski definition) is 0. The second-order valence-electron chi connectivity index (χ2n) is 7.57. The lowest BCUT2D eigenvalue weighted by Gasteiger charge is -2.09. The molecule has 0 atom stereocenters. The quantitative estimate of drug-likeness (QED) is 0.265. The van der Waals surface area contributed by atoms with Crippen LogP contribution in [0.3, 0.4) is 0 Å². The average Bonchev–Trinajstić information content (AvgIpc) is 3.33. The second-order valence-corrected chi connectivity index (χ2v) is 7.57. The largest absolute Gasteiger partial charge is 0.488 e. The third-order valence-electron chi connectivity index (χ3n) is 5.25. The Kier molecular flexibility index (Phi) is 6.07. The Morgan fingerprint density at radius 1 is 0.727 bits per heavy atom. The van der Waals surface area contributed by atoms with Crippen molar-refractivity contribution < 1.29 is 4.74 Å². The maximum atomic E-state index is 6.09. The number of hydrogen-bond acceptors (Lipinski definition) is 3. The monoisotopic (exact) mass is 429 g/mol. The minimum absolute atomic E-state index is 0.506. The predicted molar refractivity (Wildman–Crippen MR) is 133 cm³/mol. The molecule has 0 N–H and O–H groups in total. The molecule has 4 aromatic carbocycles. The molecule has 0 unspecified atom stereocenters. The summed E-state index contributed by atoms with van der Waals surface area (Å²) in [4.78, 5) is 4.81.